The standard InChI is InChI=1S/C5H4N4O2/c6-5-8-3(10)2-4(9-5)11-1-7-2/h1H,(H3,6,8,9,10). The molecule has 0 radical (unpaired) electrons. The van der Waals surface area contributed by atoms with E-state index in [4.69, 9.17) is 10.2 Å². The van der Waals surface area contributed by atoms with Crippen molar-refractivity contribution in [2.45, 2.75) is 0 Å². The smallest absolute Gasteiger partial charge is 0.282 e. The van der Waals surface area contributed by atoms with E-state index in [1.165, 1.54) is 0 Å². The van der Waals surface area contributed by atoms with Crippen molar-refractivity contribution in [3.63, 3.8) is 0 Å². The Labute approximate surface area is 60.1 Å². The quantitative estimate of drug-likeness (QED) is 0.530. The molecule has 0 spiro atoms. The lowest BCUT2D eigenvalue weighted by atomic mass is 10.6. The predicted octanol–water partition coefficient (Wildman–Crippen LogP) is -0.507. The third-order valence-electron chi connectivity index (χ3n) is 1.23. The molecule has 6 nitrogen and oxygen atoms in total. The van der Waals surface area contributed by atoms with E-state index < -0.39 is 0 Å². The van der Waals surface area contributed by atoms with Crippen molar-refractivity contribution >= 4 is 17.2 Å². The Hall–Kier alpha value is -1.85. The molecule has 0 aliphatic heterocycles. The molecule has 0 atom stereocenters. The third-order valence-corrected chi connectivity index (χ3v) is 1.23. The SMILES string of the molecule is Nc1nc2ocnc2c(=O)[nH]1. The second-order valence-electron chi connectivity index (χ2n) is 1.96. The van der Waals surface area contributed by atoms with Crippen LogP contribution < -0.4 is 11.3 Å². The summed E-state index contributed by atoms with van der Waals surface area (Å²) >= 11 is 0. The van der Waals surface area contributed by atoms with Crippen molar-refractivity contribution in [3.05, 3.63) is 16.7 Å². The number of rotatable bonds is 0. The van der Waals surface area contributed by atoms with Crippen LogP contribution in [-0.4, -0.2) is 15.0 Å². The van der Waals surface area contributed by atoms with E-state index in [2.05, 4.69) is 15.0 Å². The van der Waals surface area contributed by atoms with Gasteiger partial charge in [0.05, 0.1) is 0 Å². The van der Waals surface area contributed by atoms with E-state index >= 15 is 0 Å². The minimum Gasteiger partial charge on any atom is -0.425 e. The Morgan fingerprint density at radius 3 is 3.27 bits per heavy atom. The topological polar surface area (TPSA) is 97.8 Å². The van der Waals surface area contributed by atoms with Crippen molar-refractivity contribution in [2.24, 2.45) is 0 Å². The fraction of sp³-hybridized carbons (Fsp3) is 0. The van der Waals surface area contributed by atoms with Gasteiger partial charge in [0.15, 0.2) is 11.9 Å². The van der Waals surface area contributed by atoms with Gasteiger partial charge >= 0.3 is 0 Å². The number of nitrogen functional groups attached to an aromatic ring is 1. The highest BCUT2D eigenvalue weighted by atomic mass is 16.3. The highest BCUT2D eigenvalue weighted by molar-refractivity contribution is 5.66. The molecule has 2 aromatic heterocycles. The monoisotopic (exact) mass is 152 g/mol. The molecule has 0 saturated carbocycles. The second kappa shape index (κ2) is 1.82. The summed E-state index contributed by atoms with van der Waals surface area (Å²) in [4.78, 5) is 20.6. The van der Waals surface area contributed by atoms with Gasteiger partial charge in [-0.15, -0.1) is 0 Å². The van der Waals surface area contributed by atoms with Gasteiger partial charge in [-0.2, -0.15) is 4.98 Å². The van der Waals surface area contributed by atoms with Crippen LogP contribution in [0.25, 0.3) is 11.2 Å². The van der Waals surface area contributed by atoms with Crippen molar-refractivity contribution < 1.29 is 4.42 Å². The zero-order valence-electron chi connectivity index (χ0n) is 5.37. The molecule has 2 heterocycles. The van der Waals surface area contributed by atoms with Gasteiger partial charge in [0.1, 0.15) is 0 Å². The van der Waals surface area contributed by atoms with E-state index in [0.29, 0.717) is 0 Å². The van der Waals surface area contributed by atoms with Gasteiger partial charge < -0.3 is 10.2 Å². The zero-order valence-corrected chi connectivity index (χ0v) is 5.37. The highest BCUT2D eigenvalue weighted by Gasteiger charge is 2.04. The minimum absolute atomic E-state index is 0.0271. The maximum atomic E-state index is 11.0. The summed E-state index contributed by atoms with van der Waals surface area (Å²) < 4.78 is 4.76. The first-order chi connectivity index (χ1) is 5.27. The number of anilines is 1. The normalized spacial score (nSPS) is 10.5. The van der Waals surface area contributed by atoms with Crippen LogP contribution in [0.15, 0.2) is 15.6 Å². The van der Waals surface area contributed by atoms with Crippen LogP contribution in [0, 0.1) is 0 Å². The molecule has 0 fully saturated rings. The van der Waals surface area contributed by atoms with Gasteiger partial charge in [0.25, 0.3) is 11.3 Å². The fourth-order valence-corrected chi connectivity index (χ4v) is 0.788. The van der Waals surface area contributed by atoms with Crippen molar-refractivity contribution in [3.8, 4) is 0 Å². The average molecular weight is 152 g/mol. The second-order valence-corrected chi connectivity index (χ2v) is 1.96. The molecule has 2 aromatic rings. The lowest BCUT2D eigenvalue weighted by Gasteiger charge is -1.87. The lowest BCUT2D eigenvalue weighted by Crippen LogP contribution is -2.10. The molecule has 6 heteroatoms. The molecule has 0 aromatic carbocycles. The number of hydrogen-bond acceptors (Lipinski definition) is 5. The number of fused-ring (bicyclic) bond motifs is 1. The van der Waals surface area contributed by atoms with Crippen molar-refractivity contribution in [2.75, 3.05) is 5.73 Å². The fourth-order valence-electron chi connectivity index (χ4n) is 0.788. The van der Waals surface area contributed by atoms with Gasteiger partial charge in [0.2, 0.25) is 5.95 Å². The average Bonchev–Trinajstić information content (AvgIpc) is 2.34. The van der Waals surface area contributed by atoms with Gasteiger partial charge in [-0.25, -0.2) is 4.98 Å². The van der Waals surface area contributed by atoms with Gasteiger partial charge in [-0.05, 0) is 0 Å². The van der Waals surface area contributed by atoms with Crippen LogP contribution in [0.3, 0.4) is 0 Å². The number of nitrogens with two attached hydrogens (primary N) is 1. The number of hydrogen-bond donors (Lipinski definition) is 2. The van der Waals surface area contributed by atoms with E-state index in [1.807, 2.05) is 0 Å². The van der Waals surface area contributed by atoms with Crippen LogP contribution in [0.4, 0.5) is 5.95 Å². The molecule has 0 bridgehead atoms. The highest BCUT2D eigenvalue weighted by Crippen LogP contribution is 2.02. The first-order valence-corrected chi connectivity index (χ1v) is 2.86. The number of H-pyrrole nitrogens is 1. The Morgan fingerprint density at radius 2 is 2.45 bits per heavy atom. The van der Waals surface area contributed by atoms with Crippen LogP contribution in [-0.2, 0) is 0 Å². The molecule has 0 unspecified atom stereocenters. The molecule has 0 saturated heterocycles. The summed E-state index contributed by atoms with van der Waals surface area (Å²) in [6.07, 6.45) is 1.15. The summed E-state index contributed by atoms with van der Waals surface area (Å²) in [5.74, 6) is 0.0271. The van der Waals surface area contributed by atoms with E-state index in [-0.39, 0.29) is 22.7 Å². The molecule has 0 aliphatic carbocycles. The summed E-state index contributed by atoms with van der Waals surface area (Å²) in [5.41, 5.74) is 5.17. The molecule has 2 rings (SSSR count). The summed E-state index contributed by atoms with van der Waals surface area (Å²) in [6, 6.07) is 0. The van der Waals surface area contributed by atoms with E-state index in [1.54, 1.807) is 0 Å². The van der Waals surface area contributed by atoms with Crippen molar-refractivity contribution in [1.82, 2.24) is 15.0 Å². The Kier molecular flexibility index (Phi) is 0.974. The maximum Gasteiger partial charge on any atom is 0.282 e. The molecular weight excluding hydrogens is 148 g/mol. The van der Waals surface area contributed by atoms with Gasteiger partial charge in [-0.3, -0.25) is 9.78 Å². The predicted molar refractivity (Wildman–Crippen MR) is 36.8 cm³/mol. The summed E-state index contributed by atoms with van der Waals surface area (Å²) in [7, 11) is 0. The van der Waals surface area contributed by atoms with Crippen LogP contribution in [0.2, 0.25) is 0 Å². The molecule has 0 aliphatic rings. The van der Waals surface area contributed by atoms with Crippen molar-refractivity contribution in [1.29, 1.82) is 0 Å². The Morgan fingerprint density at radius 1 is 1.64 bits per heavy atom. The van der Waals surface area contributed by atoms with Crippen LogP contribution in [0.1, 0.15) is 0 Å². The molecule has 3 N–H and O–H groups in total. The summed E-state index contributed by atoms with van der Waals surface area (Å²) in [6.45, 7) is 0. The first-order valence-electron chi connectivity index (χ1n) is 2.86. The molecule has 11 heavy (non-hydrogen) atoms. The van der Waals surface area contributed by atoms with Crippen LogP contribution in [0.5, 0.6) is 0 Å². The lowest BCUT2D eigenvalue weighted by molar-refractivity contribution is 0.590. The minimum atomic E-state index is -0.388. The number of aromatic nitrogens is 3. The largest absolute Gasteiger partial charge is 0.425 e. The van der Waals surface area contributed by atoms with E-state index in [9.17, 15) is 4.79 Å². The van der Waals surface area contributed by atoms with Crippen LogP contribution >= 0.6 is 0 Å². The Balaban J connectivity index is 3.02. The zero-order chi connectivity index (χ0) is 7.84. The number of nitrogens with zero attached hydrogens (tertiary/aromatic N) is 2. The maximum absolute atomic E-state index is 11.0. The molecule has 0 amide bonds. The Bertz CT molecular complexity index is 443. The number of nitrogens with one attached hydrogen (secondary N) is 1. The molecule has 56 valence electrons. The first kappa shape index (κ1) is 5.90. The summed E-state index contributed by atoms with van der Waals surface area (Å²) in [5, 5.41) is 0. The molecular formula is C5H4N4O2. The number of aromatic amines is 1. The van der Waals surface area contributed by atoms with E-state index in [0.717, 1.165) is 6.39 Å². The third kappa shape index (κ3) is 0.759. The van der Waals surface area contributed by atoms with Gasteiger partial charge in [0, 0.05) is 0 Å². The van der Waals surface area contributed by atoms with Gasteiger partial charge in [-0.1, -0.05) is 0 Å². The number of oxazole rings is 1.